The summed E-state index contributed by atoms with van der Waals surface area (Å²) in [4.78, 5) is 37.8. The molecule has 0 aliphatic carbocycles. The molecule has 3 aromatic rings. The van der Waals surface area contributed by atoms with Crippen LogP contribution >= 0.6 is 0 Å². The number of anilines is 3. The van der Waals surface area contributed by atoms with Crippen molar-refractivity contribution in [2.45, 2.75) is 32.1 Å². The van der Waals surface area contributed by atoms with Crippen molar-refractivity contribution in [2.75, 3.05) is 61.6 Å². The van der Waals surface area contributed by atoms with E-state index in [0.717, 1.165) is 6.20 Å². The van der Waals surface area contributed by atoms with Gasteiger partial charge < -0.3 is 24.8 Å². The number of piperazine rings is 1. The van der Waals surface area contributed by atoms with E-state index < -0.39 is 34.6 Å². The molecule has 1 aromatic carbocycles. The molecule has 0 unspecified atom stereocenters. The van der Waals surface area contributed by atoms with Crippen molar-refractivity contribution < 1.29 is 27.1 Å². The summed E-state index contributed by atoms with van der Waals surface area (Å²) in [6.45, 7) is 7.36. The van der Waals surface area contributed by atoms with Gasteiger partial charge in [-0.15, -0.1) is 0 Å². The highest BCUT2D eigenvalue weighted by Gasteiger charge is 2.36. The van der Waals surface area contributed by atoms with Crippen LogP contribution in [0.5, 0.6) is 0 Å². The zero-order chi connectivity index (χ0) is 30.2. The number of hydrogen-bond acceptors (Lipinski definition) is 7. The zero-order valence-electron chi connectivity index (χ0n) is 23.5. The number of halogens is 4. The third-order valence-corrected chi connectivity index (χ3v) is 7.85. The van der Waals surface area contributed by atoms with E-state index >= 15 is 4.39 Å². The molecule has 0 spiro atoms. The van der Waals surface area contributed by atoms with Crippen LogP contribution in [0.4, 0.5) is 34.8 Å². The monoisotopic (exact) mass is 588 g/mol. The normalized spacial score (nSPS) is 20.1. The Morgan fingerprint density at radius 1 is 1.07 bits per heavy atom. The molecule has 42 heavy (non-hydrogen) atoms. The number of H-pyrrole nitrogens is 1. The van der Waals surface area contributed by atoms with E-state index in [1.54, 1.807) is 12.1 Å². The number of morpholine rings is 1. The smallest absolute Gasteiger partial charge is 0.378 e. The summed E-state index contributed by atoms with van der Waals surface area (Å²) in [6.07, 6.45) is -4.21. The van der Waals surface area contributed by atoms with Crippen LogP contribution in [-0.2, 0) is 10.9 Å². The number of hydrogen-bond donors (Lipinski definition) is 2. The molecule has 5 rings (SSSR count). The Labute approximate surface area is 240 Å². The number of likely N-dealkylation sites (N-methyl/N-ethyl adjacent to an activating group) is 1. The topological polar surface area (TPSA) is 93.8 Å². The lowest BCUT2D eigenvalue weighted by atomic mass is 10.0. The van der Waals surface area contributed by atoms with Gasteiger partial charge in [-0.2, -0.15) is 13.2 Å². The maximum Gasteiger partial charge on any atom is 0.417 e. The van der Waals surface area contributed by atoms with Crippen LogP contribution in [0.15, 0.2) is 47.4 Å². The third-order valence-electron chi connectivity index (χ3n) is 7.85. The van der Waals surface area contributed by atoms with Crippen molar-refractivity contribution in [3.63, 3.8) is 0 Å². The zero-order valence-corrected chi connectivity index (χ0v) is 23.5. The highest BCUT2D eigenvalue weighted by molar-refractivity contribution is 6.07. The van der Waals surface area contributed by atoms with Crippen molar-refractivity contribution in [1.82, 2.24) is 14.9 Å². The van der Waals surface area contributed by atoms with E-state index in [9.17, 15) is 22.8 Å². The number of pyridine rings is 2. The lowest BCUT2D eigenvalue weighted by Crippen LogP contribution is -2.55. The van der Waals surface area contributed by atoms with E-state index in [1.165, 1.54) is 12.1 Å². The van der Waals surface area contributed by atoms with Crippen LogP contribution in [0.1, 0.15) is 29.8 Å². The average molecular weight is 589 g/mol. The number of benzene rings is 1. The number of nitrogens with zero attached hydrogens (tertiary/aromatic N) is 4. The molecule has 2 saturated heterocycles. The molecule has 0 radical (unpaired) electrons. The molecule has 2 atom stereocenters. The number of aromatic nitrogens is 2. The minimum absolute atomic E-state index is 0.0805. The fourth-order valence-corrected chi connectivity index (χ4v) is 5.35. The number of carbonyl (C=O) groups excluding carboxylic acids is 1. The van der Waals surface area contributed by atoms with Gasteiger partial charge >= 0.3 is 6.18 Å². The maximum absolute atomic E-state index is 15.8. The van der Waals surface area contributed by atoms with E-state index in [4.69, 9.17) is 4.74 Å². The van der Waals surface area contributed by atoms with Crippen molar-refractivity contribution in [3.8, 4) is 11.3 Å². The minimum Gasteiger partial charge on any atom is -0.378 e. The Bertz CT molecular complexity index is 1510. The highest BCUT2D eigenvalue weighted by atomic mass is 19.4. The van der Waals surface area contributed by atoms with Crippen molar-refractivity contribution in [1.29, 1.82) is 0 Å². The van der Waals surface area contributed by atoms with Gasteiger partial charge in [0.2, 0.25) is 5.56 Å². The van der Waals surface area contributed by atoms with E-state index in [0.29, 0.717) is 62.7 Å². The number of amides is 1. The molecule has 2 fully saturated rings. The lowest BCUT2D eigenvalue weighted by Gasteiger charge is -2.44. The quantitative estimate of drug-likeness (QED) is 0.432. The van der Waals surface area contributed by atoms with Gasteiger partial charge in [0.25, 0.3) is 5.91 Å². The number of aromatic amines is 1. The van der Waals surface area contributed by atoms with Gasteiger partial charge in [-0.3, -0.25) is 14.5 Å². The molecule has 9 nitrogen and oxygen atoms in total. The average Bonchev–Trinajstić information content (AvgIpc) is 2.96. The summed E-state index contributed by atoms with van der Waals surface area (Å²) in [7, 11) is 1.99. The third kappa shape index (κ3) is 6.12. The molecule has 0 saturated carbocycles. The second kappa shape index (κ2) is 11.7. The molecule has 1 amide bonds. The van der Waals surface area contributed by atoms with E-state index in [2.05, 4.69) is 20.2 Å². The first-order valence-corrected chi connectivity index (χ1v) is 13.6. The van der Waals surface area contributed by atoms with Gasteiger partial charge in [-0.1, -0.05) is 6.07 Å². The number of carbonyl (C=O) groups is 1. The van der Waals surface area contributed by atoms with E-state index in [-0.39, 0.29) is 23.3 Å². The molecular formula is C29H32F4N6O3. The fraction of sp³-hybridized carbons (Fsp3) is 0.414. The lowest BCUT2D eigenvalue weighted by molar-refractivity contribution is -0.138. The summed E-state index contributed by atoms with van der Waals surface area (Å²) < 4.78 is 62.4. The summed E-state index contributed by atoms with van der Waals surface area (Å²) >= 11 is 0. The van der Waals surface area contributed by atoms with Crippen LogP contribution in [0.2, 0.25) is 0 Å². The van der Waals surface area contributed by atoms with Gasteiger partial charge in [0.15, 0.2) is 0 Å². The molecule has 2 aromatic heterocycles. The van der Waals surface area contributed by atoms with E-state index in [1.807, 2.05) is 36.8 Å². The van der Waals surface area contributed by atoms with Crippen LogP contribution in [0.3, 0.4) is 0 Å². The minimum atomic E-state index is -4.94. The maximum atomic E-state index is 15.8. The number of rotatable bonds is 5. The highest BCUT2D eigenvalue weighted by Crippen LogP contribution is 2.37. The fourth-order valence-electron chi connectivity index (χ4n) is 5.35. The van der Waals surface area contributed by atoms with Crippen LogP contribution in [0.25, 0.3) is 11.3 Å². The van der Waals surface area contributed by atoms with Crippen LogP contribution in [0, 0.1) is 5.82 Å². The Hall–Kier alpha value is -3.97. The van der Waals surface area contributed by atoms with Crippen molar-refractivity contribution in [2.24, 2.45) is 0 Å². The van der Waals surface area contributed by atoms with Gasteiger partial charge in [0.1, 0.15) is 11.6 Å². The van der Waals surface area contributed by atoms with Crippen LogP contribution in [-0.4, -0.2) is 79.3 Å². The molecule has 2 aliphatic rings. The first-order chi connectivity index (χ1) is 19.9. The standard InChI is InChI=1S/C29H32F4N6O3/c1-17-15-39(16-18(2)37(17)3)25-13-22(30)19(23-5-4-6-26(35-23)38-7-9-42-10-8-38)11-24(25)36-28(41)20-14-34-27(40)12-21(20)29(31,32)33/h4-6,11-14,17-18H,7-10,15-16H2,1-3H3,(H,34,40)(H,36,41)/t17-,18+. The SMILES string of the molecule is C[C@@H]1CN(c2cc(F)c(-c3cccc(N4CCOCC4)n3)cc2NC(=O)c2c[nH]c(=O)cc2C(F)(F)F)C[C@H](C)N1C. The second-order valence-corrected chi connectivity index (χ2v) is 10.7. The molecule has 224 valence electrons. The number of ether oxygens (including phenoxy) is 1. The molecule has 2 aliphatic heterocycles. The Morgan fingerprint density at radius 2 is 1.76 bits per heavy atom. The molecule has 0 bridgehead atoms. The van der Waals surface area contributed by atoms with Gasteiger partial charge in [0, 0.05) is 56.1 Å². The molecule has 13 heteroatoms. The second-order valence-electron chi connectivity index (χ2n) is 10.7. The van der Waals surface area contributed by atoms with Gasteiger partial charge in [0.05, 0.1) is 41.4 Å². The van der Waals surface area contributed by atoms with Gasteiger partial charge in [-0.05, 0) is 45.2 Å². The summed E-state index contributed by atoms with van der Waals surface area (Å²) in [5.74, 6) is -1.05. The Morgan fingerprint density at radius 3 is 2.43 bits per heavy atom. The first-order valence-electron chi connectivity index (χ1n) is 13.6. The van der Waals surface area contributed by atoms with Crippen LogP contribution < -0.4 is 20.7 Å². The van der Waals surface area contributed by atoms with Gasteiger partial charge in [-0.25, -0.2) is 9.37 Å². The largest absolute Gasteiger partial charge is 0.417 e. The van der Waals surface area contributed by atoms with Crippen molar-refractivity contribution in [3.05, 3.63) is 69.9 Å². The summed E-state index contributed by atoms with van der Waals surface area (Å²) in [5, 5.41) is 2.57. The Balaban J connectivity index is 1.58. The predicted molar refractivity (Wildman–Crippen MR) is 152 cm³/mol. The molecule has 4 heterocycles. The van der Waals surface area contributed by atoms with Crippen molar-refractivity contribution >= 4 is 23.1 Å². The number of nitrogens with one attached hydrogen (secondary N) is 2. The Kier molecular flexibility index (Phi) is 8.24. The molecule has 2 N–H and O–H groups in total. The number of alkyl halides is 3. The first kappa shape index (κ1) is 29.5. The molecular weight excluding hydrogens is 556 g/mol. The summed E-state index contributed by atoms with van der Waals surface area (Å²) in [6, 6.07) is 8.40. The predicted octanol–water partition coefficient (Wildman–Crippen LogP) is 4.21. The summed E-state index contributed by atoms with van der Waals surface area (Å²) in [5.41, 5.74) is -2.27.